The number of benzene rings is 4. The van der Waals surface area contributed by atoms with Gasteiger partial charge in [-0.05, 0) is 88.2 Å². The Labute approximate surface area is 202 Å². The zero-order chi connectivity index (χ0) is 24.4. The number of phenols is 2. The minimum atomic E-state index is -0.224. The first-order valence-electron chi connectivity index (χ1n) is 11.3. The van der Waals surface area contributed by atoms with Gasteiger partial charge in [0.15, 0.2) is 11.6 Å². The van der Waals surface area contributed by atoms with Gasteiger partial charge in [-0.1, -0.05) is 54.6 Å². The molecule has 5 rings (SSSR count). The van der Waals surface area contributed by atoms with Crippen molar-refractivity contribution in [1.82, 2.24) is 0 Å². The van der Waals surface area contributed by atoms with Crippen LogP contribution in [-0.4, -0.2) is 21.8 Å². The molecular weight excluding hydrogens is 436 g/mol. The van der Waals surface area contributed by atoms with Gasteiger partial charge in [0.1, 0.15) is 11.5 Å². The highest BCUT2D eigenvalue weighted by atomic mass is 16.3. The second-order valence-electron chi connectivity index (χ2n) is 8.43. The van der Waals surface area contributed by atoms with Crippen LogP contribution in [0.15, 0.2) is 115 Å². The van der Waals surface area contributed by atoms with Gasteiger partial charge in [-0.3, -0.25) is 9.59 Å². The first-order chi connectivity index (χ1) is 17.0. The van der Waals surface area contributed by atoms with Gasteiger partial charge in [0.05, 0.1) is 0 Å². The number of carbonyl (C=O) groups is 2. The van der Waals surface area contributed by atoms with Crippen molar-refractivity contribution in [3.05, 3.63) is 137 Å². The predicted molar refractivity (Wildman–Crippen MR) is 138 cm³/mol. The Morgan fingerprint density at radius 3 is 1.89 bits per heavy atom. The van der Waals surface area contributed by atoms with Crippen molar-refractivity contribution in [3.63, 3.8) is 0 Å². The van der Waals surface area contributed by atoms with Gasteiger partial charge in [-0.25, -0.2) is 0 Å². The standard InChI is InChI=1S/C31H22O4/c32-25-12-7-20(8-13-25)29(34)17-11-23-19-24-5-1-3-22-4-2-6-28(31(22)24)27(23)16-18-30(35)21-9-14-26(33)15-10-21/h1-19,27,32-33H. The molecule has 0 radical (unpaired) electrons. The number of aromatic hydroxyl groups is 2. The van der Waals surface area contributed by atoms with Gasteiger partial charge in [0.2, 0.25) is 0 Å². The molecule has 1 aliphatic rings. The maximum atomic E-state index is 12.8. The number of phenolic OH excluding ortho intramolecular Hbond substituents is 2. The summed E-state index contributed by atoms with van der Waals surface area (Å²) in [4.78, 5) is 25.5. The molecule has 0 saturated heterocycles. The molecule has 0 amide bonds. The molecule has 1 atom stereocenters. The van der Waals surface area contributed by atoms with Crippen molar-refractivity contribution in [2.24, 2.45) is 0 Å². The number of rotatable bonds is 6. The number of ketones is 2. The monoisotopic (exact) mass is 458 g/mol. The smallest absolute Gasteiger partial charge is 0.185 e. The highest BCUT2D eigenvalue weighted by Crippen LogP contribution is 2.40. The number of hydrogen-bond acceptors (Lipinski definition) is 4. The molecule has 0 fully saturated rings. The van der Waals surface area contributed by atoms with E-state index in [0.29, 0.717) is 11.1 Å². The Morgan fingerprint density at radius 1 is 0.686 bits per heavy atom. The third kappa shape index (κ3) is 4.55. The summed E-state index contributed by atoms with van der Waals surface area (Å²) in [5.41, 5.74) is 3.97. The van der Waals surface area contributed by atoms with Crippen molar-refractivity contribution in [2.45, 2.75) is 5.92 Å². The van der Waals surface area contributed by atoms with Crippen LogP contribution in [0, 0.1) is 0 Å². The van der Waals surface area contributed by atoms with Crippen LogP contribution < -0.4 is 0 Å². The third-order valence-corrected chi connectivity index (χ3v) is 6.16. The van der Waals surface area contributed by atoms with Crippen LogP contribution in [0.5, 0.6) is 11.5 Å². The Kier molecular flexibility index (Phi) is 5.86. The van der Waals surface area contributed by atoms with Crippen LogP contribution in [0.25, 0.3) is 16.8 Å². The summed E-state index contributed by atoms with van der Waals surface area (Å²) in [5, 5.41) is 21.2. The topological polar surface area (TPSA) is 74.6 Å². The lowest BCUT2D eigenvalue weighted by molar-refractivity contribution is 0.103. The Balaban J connectivity index is 1.52. The quantitative estimate of drug-likeness (QED) is 0.252. The summed E-state index contributed by atoms with van der Waals surface area (Å²) in [5.74, 6) is -0.354. The normalized spacial score (nSPS) is 15.0. The van der Waals surface area contributed by atoms with Gasteiger partial charge in [0.25, 0.3) is 0 Å². The Morgan fingerprint density at radius 2 is 1.26 bits per heavy atom. The molecular formula is C31H22O4. The second kappa shape index (κ2) is 9.27. The van der Waals surface area contributed by atoms with Crippen LogP contribution >= 0.6 is 0 Å². The van der Waals surface area contributed by atoms with Crippen LogP contribution in [0.2, 0.25) is 0 Å². The minimum absolute atomic E-state index is 0.105. The summed E-state index contributed by atoms with van der Waals surface area (Å²) < 4.78 is 0. The number of carbonyl (C=O) groups excluding carboxylic acids is 2. The molecule has 0 saturated carbocycles. The summed E-state index contributed by atoms with van der Waals surface area (Å²) in [6.45, 7) is 0. The van der Waals surface area contributed by atoms with Gasteiger partial charge >= 0.3 is 0 Å². The lowest BCUT2D eigenvalue weighted by Crippen LogP contribution is -2.06. The lowest BCUT2D eigenvalue weighted by atomic mass is 9.80. The molecule has 2 N–H and O–H groups in total. The van der Waals surface area contributed by atoms with Crippen molar-refractivity contribution in [3.8, 4) is 11.5 Å². The largest absolute Gasteiger partial charge is 0.508 e. The van der Waals surface area contributed by atoms with Crippen molar-refractivity contribution >= 4 is 28.4 Å². The van der Waals surface area contributed by atoms with E-state index in [1.165, 1.54) is 30.3 Å². The van der Waals surface area contributed by atoms with Crippen LogP contribution in [0.1, 0.15) is 37.8 Å². The van der Waals surface area contributed by atoms with E-state index in [1.54, 1.807) is 36.4 Å². The maximum Gasteiger partial charge on any atom is 0.185 e. The Bertz CT molecular complexity index is 1520. The highest BCUT2D eigenvalue weighted by molar-refractivity contribution is 6.06. The molecule has 0 heterocycles. The molecule has 35 heavy (non-hydrogen) atoms. The van der Waals surface area contributed by atoms with Crippen LogP contribution in [0.4, 0.5) is 0 Å². The van der Waals surface area contributed by atoms with E-state index in [1.807, 2.05) is 24.3 Å². The van der Waals surface area contributed by atoms with Crippen molar-refractivity contribution < 1.29 is 19.8 Å². The molecule has 4 heteroatoms. The van der Waals surface area contributed by atoms with E-state index in [-0.39, 0.29) is 29.0 Å². The van der Waals surface area contributed by atoms with Gasteiger partial charge in [-0.15, -0.1) is 0 Å². The molecule has 1 aliphatic carbocycles. The molecule has 4 nitrogen and oxygen atoms in total. The molecule has 0 spiro atoms. The van der Waals surface area contributed by atoms with E-state index in [9.17, 15) is 19.8 Å². The SMILES string of the molecule is O=C(C=CC1=Cc2cccc3cccc(c23)C1C=CC(=O)c1ccc(O)cc1)c1ccc(O)cc1. The number of allylic oxidation sites excluding steroid dienone is 5. The summed E-state index contributed by atoms with van der Waals surface area (Å²) in [7, 11) is 0. The summed E-state index contributed by atoms with van der Waals surface area (Å²) in [6.07, 6.45) is 8.78. The third-order valence-electron chi connectivity index (χ3n) is 6.16. The first kappa shape index (κ1) is 22.1. The molecule has 4 aromatic rings. The average Bonchev–Trinajstić information content (AvgIpc) is 2.87. The highest BCUT2D eigenvalue weighted by Gasteiger charge is 2.21. The van der Waals surface area contributed by atoms with Crippen molar-refractivity contribution in [2.75, 3.05) is 0 Å². The Hall–Kier alpha value is -4.70. The van der Waals surface area contributed by atoms with E-state index in [0.717, 1.165) is 27.5 Å². The van der Waals surface area contributed by atoms with E-state index in [4.69, 9.17) is 0 Å². The van der Waals surface area contributed by atoms with E-state index in [2.05, 4.69) is 24.3 Å². The fraction of sp³-hybridized carbons (Fsp3) is 0.0323. The zero-order valence-electron chi connectivity index (χ0n) is 18.8. The molecule has 1 unspecified atom stereocenters. The van der Waals surface area contributed by atoms with Gasteiger partial charge < -0.3 is 10.2 Å². The molecule has 0 aromatic heterocycles. The molecule has 0 aliphatic heterocycles. The first-order valence-corrected chi connectivity index (χ1v) is 11.3. The lowest BCUT2D eigenvalue weighted by Gasteiger charge is -2.23. The summed E-state index contributed by atoms with van der Waals surface area (Å²) in [6, 6.07) is 24.5. The molecule has 0 bridgehead atoms. The predicted octanol–water partition coefficient (Wildman–Crippen LogP) is 6.61. The number of hydrogen-bond donors (Lipinski definition) is 2. The fourth-order valence-electron chi connectivity index (χ4n) is 4.39. The van der Waals surface area contributed by atoms with E-state index >= 15 is 0 Å². The van der Waals surface area contributed by atoms with E-state index < -0.39 is 0 Å². The van der Waals surface area contributed by atoms with Gasteiger partial charge in [0, 0.05) is 17.0 Å². The molecule has 4 aromatic carbocycles. The van der Waals surface area contributed by atoms with Crippen LogP contribution in [0.3, 0.4) is 0 Å². The summed E-state index contributed by atoms with van der Waals surface area (Å²) >= 11 is 0. The average molecular weight is 459 g/mol. The second-order valence-corrected chi connectivity index (χ2v) is 8.43. The van der Waals surface area contributed by atoms with Crippen LogP contribution in [-0.2, 0) is 0 Å². The molecule has 170 valence electrons. The maximum absolute atomic E-state index is 12.8. The van der Waals surface area contributed by atoms with Crippen molar-refractivity contribution in [1.29, 1.82) is 0 Å². The fourth-order valence-corrected chi connectivity index (χ4v) is 4.39. The zero-order valence-corrected chi connectivity index (χ0v) is 18.8. The minimum Gasteiger partial charge on any atom is -0.508 e. The van der Waals surface area contributed by atoms with Gasteiger partial charge in [-0.2, -0.15) is 0 Å².